The number of benzene rings is 1. The van der Waals surface area contributed by atoms with Crippen LogP contribution in [0.3, 0.4) is 0 Å². The number of carbonyl (C=O) groups is 1. The van der Waals surface area contributed by atoms with Crippen molar-refractivity contribution in [2.24, 2.45) is 0 Å². The summed E-state index contributed by atoms with van der Waals surface area (Å²) in [7, 11) is 3.38. The normalized spacial score (nSPS) is 11.2. The van der Waals surface area contributed by atoms with E-state index in [2.05, 4.69) is 59.7 Å². The third-order valence-electron chi connectivity index (χ3n) is 6.04. The number of aromatic amines is 2. The second-order valence-electron chi connectivity index (χ2n) is 8.67. The quantitative estimate of drug-likeness (QED) is 0.320. The average molecular weight is 475 g/mol. The van der Waals surface area contributed by atoms with Crippen LogP contribution in [0.2, 0.25) is 0 Å². The monoisotopic (exact) mass is 474 g/mol. The molecule has 5 aromatic heterocycles. The van der Waals surface area contributed by atoms with Crippen LogP contribution in [0.4, 0.5) is 10.5 Å². The van der Waals surface area contributed by atoms with E-state index < -0.39 is 0 Å². The number of nitrogens with zero attached hydrogens (tertiary/aromatic N) is 5. The number of nitrogens with one attached hydrogen (secondary N) is 3. The molecule has 176 valence electrons. The molecule has 9 nitrogen and oxygen atoms in total. The minimum absolute atomic E-state index is 0.218. The van der Waals surface area contributed by atoms with Gasteiger partial charge in [-0.2, -0.15) is 5.10 Å². The molecule has 9 heteroatoms. The summed E-state index contributed by atoms with van der Waals surface area (Å²) in [4.78, 5) is 30.2. The standard InChI is InChI=1S/C27H22N8O/c1-35(2)27(36)31-19-9-17(13-29-15-19)18-10-22-25(33-34-26(22)30-14-18)24-11-21-20(6-3-7-23(21)32-24)16-5-4-8-28-12-16/h3-15,32H,1-2H3,(H,31,36)(H,30,33,34). The van der Waals surface area contributed by atoms with Crippen molar-refractivity contribution in [3.05, 3.63) is 79.5 Å². The van der Waals surface area contributed by atoms with Crippen molar-refractivity contribution in [1.82, 2.24) is 35.0 Å². The summed E-state index contributed by atoms with van der Waals surface area (Å²) in [6, 6.07) is 16.0. The molecule has 3 N–H and O–H groups in total. The SMILES string of the molecule is CN(C)C(=O)Nc1cncc(-c2cnc3[nH]nc(-c4cc5c(-c6cccnc6)cccc5[nH]4)c3c2)c1. The van der Waals surface area contributed by atoms with E-state index in [0.29, 0.717) is 11.3 Å². The third kappa shape index (κ3) is 3.82. The van der Waals surface area contributed by atoms with Gasteiger partial charge in [0.1, 0.15) is 5.69 Å². The number of rotatable bonds is 4. The molecule has 0 aliphatic heterocycles. The van der Waals surface area contributed by atoms with Gasteiger partial charge in [0.05, 0.1) is 17.6 Å². The van der Waals surface area contributed by atoms with Crippen molar-refractivity contribution in [3.63, 3.8) is 0 Å². The number of urea groups is 1. The Hall–Kier alpha value is -5.05. The molecule has 0 aliphatic carbocycles. The summed E-state index contributed by atoms with van der Waals surface area (Å²) < 4.78 is 0. The molecule has 6 aromatic rings. The molecule has 1 aromatic carbocycles. The van der Waals surface area contributed by atoms with E-state index in [-0.39, 0.29) is 6.03 Å². The number of H-pyrrole nitrogens is 2. The minimum atomic E-state index is -0.218. The van der Waals surface area contributed by atoms with Crippen molar-refractivity contribution >= 4 is 33.7 Å². The van der Waals surface area contributed by atoms with E-state index in [9.17, 15) is 4.79 Å². The highest BCUT2D eigenvalue weighted by molar-refractivity contribution is 6.01. The van der Waals surface area contributed by atoms with Gasteiger partial charge in [-0.3, -0.25) is 15.1 Å². The summed E-state index contributed by atoms with van der Waals surface area (Å²) >= 11 is 0. The van der Waals surface area contributed by atoms with Gasteiger partial charge in [-0.25, -0.2) is 9.78 Å². The van der Waals surface area contributed by atoms with Crippen molar-refractivity contribution in [2.45, 2.75) is 0 Å². The van der Waals surface area contributed by atoms with Crippen LogP contribution in [0.5, 0.6) is 0 Å². The lowest BCUT2D eigenvalue weighted by atomic mass is 10.0. The van der Waals surface area contributed by atoms with Gasteiger partial charge < -0.3 is 15.2 Å². The molecule has 0 fully saturated rings. The molecule has 2 amide bonds. The zero-order valence-corrected chi connectivity index (χ0v) is 19.6. The predicted octanol–water partition coefficient (Wildman–Crippen LogP) is 5.32. The van der Waals surface area contributed by atoms with E-state index in [1.54, 1.807) is 38.9 Å². The third-order valence-corrected chi connectivity index (χ3v) is 6.04. The molecule has 0 radical (unpaired) electrons. The first-order valence-electron chi connectivity index (χ1n) is 11.4. The Morgan fingerprint density at radius 2 is 1.75 bits per heavy atom. The fraction of sp³-hybridized carbons (Fsp3) is 0.0741. The smallest absolute Gasteiger partial charge is 0.321 e. The molecule has 6 rings (SSSR count). The van der Waals surface area contributed by atoms with Crippen LogP contribution in [0.25, 0.3) is 55.6 Å². The average Bonchev–Trinajstić information content (AvgIpc) is 3.53. The van der Waals surface area contributed by atoms with E-state index in [0.717, 1.165) is 49.9 Å². The maximum Gasteiger partial charge on any atom is 0.321 e. The van der Waals surface area contributed by atoms with Crippen molar-refractivity contribution in [3.8, 4) is 33.6 Å². The molecule has 0 aliphatic rings. The molecular weight excluding hydrogens is 452 g/mol. The lowest BCUT2D eigenvalue weighted by Gasteiger charge is -2.12. The molecule has 36 heavy (non-hydrogen) atoms. The number of amides is 2. The van der Waals surface area contributed by atoms with E-state index in [4.69, 9.17) is 0 Å². The Kier molecular flexibility index (Phi) is 5.15. The Morgan fingerprint density at radius 3 is 2.58 bits per heavy atom. The van der Waals surface area contributed by atoms with Crippen LogP contribution in [0.15, 0.2) is 79.5 Å². The second-order valence-corrected chi connectivity index (χ2v) is 8.67. The fourth-order valence-electron chi connectivity index (χ4n) is 4.22. The number of anilines is 1. The molecular formula is C27H22N8O. The molecule has 0 saturated carbocycles. The van der Waals surface area contributed by atoms with Gasteiger partial charge in [-0.1, -0.05) is 18.2 Å². The van der Waals surface area contributed by atoms with E-state index in [1.807, 2.05) is 30.5 Å². The van der Waals surface area contributed by atoms with Crippen molar-refractivity contribution in [2.75, 3.05) is 19.4 Å². The molecule has 0 atom stereocenters. The van der Waals surface area contributed by atoms with Gasteiger partial charge in [0.2, 0.25) is 0 Å². The van der Waals surface area contributed by atoms with Gasteiger partial charge in [0.25, 0.3) is 0 Å². The number of aromatic nitrogens is 6. The molecule has 0 unspecified atom stereocenters. The lowest BCUT2D eigenvalue weighted by Crippen LogP contribution is -2.27. The maximum absolute atomic E-state index is 12.0. The van der Waals surface area contributed by atoms with Crippen LogP contribution in [-0.2, 0) is 0 Å². The lowest BCUT2D eigenvalue weighted by molar-refractivity contribution is 0.230. The predicted molar refractivity (Wildman–Crippen MR) is 140 cm³/mol. The summed E-state index contributed by atoms with van der Waals surface area (Å²) in [6.45, 7) is 0. The van der Waals surface area contributed by atoms with Gasteiger partial charge >= 0.3 is 6.03 Å². The van der Waals surface area contributed by atoms with Gasteiger partial charge in [0.15, 0.2) is 5.65 Å². The highest BCUT2D eigenvalue weighted by Crippen LogP contribution is 2.34. The Labute approximate surface area is 206 Å². The molecule has 5 heterocycles. The van der Waals surface area contributed by atoms with Gasteiger partial charge in [-0.05, 0) is 35.9 Å². The summed E-state index contributed by atoms with van der Waals surface area (Å²) in [5.74, 6) is 0. The van der Waals surface area contributed by atoms with Gasteiger partial charge in [-0.15, -0.1) is 0 Å². The first-order chi connectivity index (χ1) is 17.6. The van der Waals surface area contributed by atoms with Crippen LogP contribution in [0, 0.1) is 0 Å². The van der Waals surface area contributed by atoms with Gasteiger partial charge in [0, 0.05) is 71.9 Å². The van der Waals surface area contributed by atoms with Crippen molar-refractivity contribution in [1.29, 1.82) is 0 Å². The molecule has 0 bridgehead atoms. The molecule has 0 spiro atoms. The van der Waals surface area contributed by atoms with Crippen LogP contribution in [-0.4, -0.2) is 55.2 Å². The Balaban J connectivity index is 1.41. The van der Waals surface area contributed by atoms with E-state index in [1.165, 1.54) is 4.90 Å². The highest BCUT2D eigenvalue weighted by Gasteiger charge is 2.15. The Bertz CT molecular complexity index is 1720. The second kappa shape index (κ2) is 8.62. The first kappa shape index (κ1) is 21.5. The number of carbonyl (C=O) groups excluding carboxylic acids is 1. The van der Waals surface area contributed by atoms with Crippen LogP contribution < -0.4 is 5.32 Å². The fourth-order valence-corrected chi connectivity index (χ4v) is 4.22. The van der Waals surface area contributed by atoms with E-state index >= 15 is 0 Å². The Morgan fingerprint density at radius 1 is 0.889 bits per heavy atom. The van der Waals surface area contributed by atoms with Crippen molar-refractivity contribution < 1.29 is 4.79 Å². The highest BCUT2D eigenvalue weighted by atomic mass is 16.2. The summed E-state index contributed by atoms with van der Waals surface area (Å²) in [5.41, 5.74) is 7.83. The summed E-state index contributed by atoms with van der Waals surface area (Å²) in [5, 5.41) is 12.4. The van der Waals surface area contributed by atoms with Crippen LogP contribution in [0.1, 0.15) is 0 Å². The first-order valence-corrected chi connectivity index (χ1v) is 11.4. The minimum Gasteiger partial charge on any atom is -0.353 e. The topological polar surface area (TPSA) is 115 Å². The molecule has 0 saturated heterocycles. The summed E-state index contributed by atoms with van der Waals surface area (Å²) in [6.07, 6.45) is 8.77. The van der Waals surface area contributed by atoms with Crippen LogP contribution >= 0.6 is 0 Å². The zero-order chi connectivity index (χ0) is 24.6. The maximum atomic E-state index is 12.0. The zero-order valence-electron chi connectivity index (χ0n) is 19.6. The number of pyridine rings is 3. The number of hydrogen-bond donors (Lipinski definition) is 3. The number of fused-ring (bicyclic) bond motifs is 2. The number of hydrogen-bond acceptors (Lipinski definition) is 5. The largest absolute Gasteiger partial charge is 0.353 e.